The Labute approximate surface area is 117 Å². The molecule has 1 rings (SSSR count). The highest BCUT2D eigenvalue weighted by atomic mass is 32.2. The number of carbonyl (C=O) groups is 1. The van der Waals surface area contributed by atoms with E-state index in [0.717, 1.165) is 10.4 Å². The summed E-state index contributed by atoms with van der Waals surface area (Å²) < 4.78 is 43.3. The number of methoxy groups -OCH3 is 1. The molecule has 0 unspecified atom stereocenters. The molecular weight excluding hydrogens is 287 g/mol. The lowest BCUT2D eigenvalue weighted by atomic mass is 10.2. The monoisotopic (exact) mass is 304 g/mol. The van der Waals surface area contributed by atoms with Gasteiger partial charge in [0, 0.05) is 13.6 Å². The Morgan fingerprint density at radius 3 is 2.55 bits per heavy atom. The van der Waals surface area contributed by atoms with E-state index >= 15 is 0 Å². The standard InChI is InChI=1S/C12H17FN2O4S/c1-8-6-9(7-10(14)12(8)13)20(17,18)15(2)5-4-11(16)19-3/h6-7H,4-5,14H2,1-3H3. The molecule has 0 heterocycles. The van der Waals surface area contributed by atoms with Gasteiger partial charge in [-0.3, -0.25) is 4.79 Å². The molecule has 0 saturated carbocycles. The summed E-state index contributed by atoms with van der Waals surface area (Å²) in [6.07, 6.45) is -0.0676. The summed E-state index contributed by atoms with van der Waals surface area (Å²) in [6.45, 7) is 1.39. The average Bonchev–Trinajstić information content (AvgIpc) is 2.40. The van der Waals surface area contributed by atoms with Crippen molar-refractivity contribution in [1.82, 2.24) is 4.31 Å². The number of halogens is 1. The lowest BCUT2D eigenvalue weighted by Gasteiger charge is -2.17. The van der Waals surface area contributed by atoms with Gasteiger partial charge in [-0.15, -0.1) is 0 Å². The second-order valence-electron chi connectivity index (χ2n) is 4.30. The third kappa shape index (κ3) is 3.45. The van der Waals surface area contributed by atoms with Gasteiger partial charge in [-0.05, 0) is 24.6 Å². The van der Waals surface area contributed by atoms with E-state index in [1.165, 1.54) is 27.1 Å². The molecule has 0 bridgehead atoms. The van der Waals surface area contributed by atoms with Gasteiger partial charge >= 0.3 is 5.97 Å². The molecule has 0 spiro atoms. The zero-order valence-corrected chi connectivity index (χ0v) is 12.3. The van der Waals surface area contributed by atoms with Crippen molar-refractivity contribution in [3.63, 3.8) is 0 Å². The number of nitrogens with two attached hydrogens (primary N) is 1. The fourth-order valence-corrected chi connectivity index (χ4v) is 2.86. The average molecular weight is 304 g/mol. The first-order chi connectivity index (χ1) is 9.20. The number of hydrogen-bond donors (Lipinski definition) is 1. The van der Waals surface area contributed by atoms with Crippen LogP contribution in [0.3, 0.4) is 0 Å². The van der Waals surface area contributed by atoms with Gasteiger partial charge in [-0.1, -0.05) is 0 Å². The maximum Gasteiger partial charge on any atom is 0.306 e. The molecule has 0 aliphatic rings. The predicted octanol–water partition coefficient (Wildman–Crippen LogP) is 0.900. The zero-order valence-electron chi connectivity index (χ0n) is 11.5. The SMILES string of the molecule is COC(=O)CCN(C)S(=O)(=O)c1cc(C)c(F)c(N)c1. The topological polar surface area (TPSA) is 89.7 Å². The largest absolute Gasteiger partial charge is 0.469 e. The summed E-state index contributed by atoms with van der Waals surface area (Å²) in [6, 6.07) is 2.27. The van der Waals surface area contributed by atoms with Crippen LogP contribution in [-0.2, 0) is 19.6 Å². The number of nitrogen functional groups attached to an aromatic ring is 1. The first-order valence-corrected chi connectivity index (χ1v) is 7.23. The number of nitrogens with zero attached hydrogens (tertiary/aromatic N) is 1. The van der Waals surface area contributed by atoms with Crippen LogP contribution in [0.25, 0.3) is 0 Å². The van der Waals surface area contributed by atoms with Crippen LogP contribution in [0.15, 0.2) is 17.0 Å². The summed E-state index contributed by atoms with van der Waals surface area (Å²) in [5, 5.41) is 0. The van der Waals surface area contributed by atoms with E-state index in [4.69, 9.17) is 5.73 Å². The van der Waals surface area contributed by atoms with Crippen molar-refractivity contribution in [2.75, 3.05) is 26.4 Å². The first kappa shape index (κ1) is 16.4. The highest BCUT2D eigenvalue weighted by molar-refractivity contribution is 7.89. The second-order valence-corrected chi connectivity index (χ2v) is 6.34. The number of rotatable bonds is 5. The van der Waals surface area contributed by atoms with Crippen molar-refractivity contribution in [1.29, 1.82) is 0 Å². The first-order valence-electron chi connectivity index (χ1n) is 5.79. The number of esters is 1. The van der Waals surface area contributed by atoms with Crippen LogP contribution in [0, 0.1) is 12.7 Å². The Hall–Kier alpha value is -1.67. The summed E-state index contributed by atoms with van der Waals surface area (Å²) in [5.41, 5.74) is 5.34. The highest BCUT2D eigenvalue weighted by Crippen LogP contribution is 2.23. The molecule has 112 valence electrons. The second kappa shape index (κ2) is 6.19. The Bertz CT molecular complexity index is 593. The van der Waals surface area contributed by atoms with Gasteiger partial charge in [-0.25, -0.2) is 17.1 Å². The van der Waals surface area contributed by atoms with Gasteiger partial charge in [0.2, 0.25) is 10.0 Å². The Kier molecular flexibility index (Phi) is 5.07. The molecule has 0 aliphatic heterocycles. The fourth-order valence-electron chi connectivity index (χ4n) is 1.56. The van der Waals surface area contributed by atoms with Crippen LogP contribution in [0.5, 0.6) is 0 Å². The molecule has 20 heavy (non-hydrogen) atoms. The van der Waals surface area contributed by atoms with Gasteiger partial charge in [0.05, 0.1) is 24.1 Å². The zero-order chi connectivity index (χ0) is 15.5. The summed E-state index contributed by atoms with van der Waals surface area (Å²) in [5.74, 6) is -1.15. The van der Waals surface area contributed by atoms with Crippen LogP contribution < -0.4 is 5.73 Å². The van der Waals surface area contributed by atoms with E-state index in [2.05, 4.69) is 4.74 Å². The number of aryl methyl sites for hydroxylation is 1. The number of anilines is 1. The number of hydrogen-bond acceptors (Lipinski definition) is 5. The lowest BCUT2D eigenvalue weighted by molar-refractivity contribution is -0.140. The maximum atomic E-state index is 13.4. The molecule has 0 fully saturated rings. The molecule has 1 aromatic rings. The summed E-state index contributed by atoms with van der Waals surface area (Å²) in [4.78, 5) is 10.9. The Balaban J connectivity index is 3.01. The molecule has 6 nitrogen and oxygen atoms in total. The van der Waals surface area contributed by atoms with E-state index in [9.17, 15) is 17.6 Å². The van der Waals surface area contributed by atoms with Gasteiger partial charge < -0.3 is 10.5 Å². The predicted molar refractivity (Wildman–Crippen MR) is 72.0 cm³/mol. The summed E-state index contributed by atoms with van der Waals surface area (Å²) in [7, 11) is -1.28. The molecule has 0 saturated heterocycles. The summed E-state index contributed by atoms with van der Waals surface area (Å²) >= 11 is 0. The highest BCUT2D eigenvalue weighted by Gasteiger charge is 2.23. The van der Waals surface area contributed by atoms with Crippen molar-refractivity contribution in [2.24, 2.45) is 0 Å². The molecule has 2 N–H and O–H groups in total. The molecule has 0 atom stereocenters. The van der Waals surface area contributed by atoms with Crippen LogP contribution in [0.2, 0.25) is 0 Å². The maximum absolute atomic E-state index is 13.4. The molecule has 0 aliphatic carbocycles. The Morgan fingerprint density at radius 1 is 1.45 bits per heavy atom. The number of ether oxygens (including phenoxy) is 1. The van der Waals surface area contributed by atoms with E-state index in [0.29, 0.717) is 0 Å². The van der Waals surface area contributed by atoms with Gasteiger partial charge in [-0.2, -0.15) is 0 Å². The van der Waals surface area contributed by atoms with Crippen LogP contribution in [0.4, 0.5) is 10.1 Å². The van der Waals surface area contributed by atoms with Crippen molar-refractivity contribution in [2.45, 2.75) is 18.2 Å². The van der Waals surface area contributed by atoms with Crippen molar-refractivity contribution >= 4 is 21.7 Å². The molecule has 1 aromatic carbocycles. The third-order valence-electron chi connectivity index (χ3n) is 2.82. The van der Waals surface area contributed by atoms with E-state index in [1.54, 1.807) is 0 Å². The van der Waals surface area contributed by atoms with Crippen LogP contribution >= 0.6 is 0 Å². The van der Waals surface area contributed by atoms with Crippen LogP contribution in [0.1, 0.15) is 12.0 Å². The van der Waals surface area contributed by atoms with Gasteiger partial charge in [0.1, 0.15) is 5.82 Å². The smallest absolute Gasteiger partial charge is 0.306 e. The fraction of sp³-hybridized carbons (Fsp3) is 0.417. The molecule has 0 amide bonds. The normalized spacial score (nSPS) is 11.7. The van der Waals surface area contributed by atoms with Crippen molar-refractivity contribution in [3.05, 3.63) is 23.5 Å². The number of carbonyl (C=O) groups excluding carboxylic acids is 1. The molecule has 8 heteroatoms. The molecule has 0 aromatic heterocycles. The van der Waals surface area contributed by atoms with Crippen molar-refractivity contribution < 1.29 is 22.3 Å². The molecular formula is C12H17FN2O4S. The minimum Gasteiger partial charge on any atom is -0.469 e. The molecule has 0 radical (unpaired) electrons. The third-order valence-corrected chi connectivity index (χ3v) is 4.66. The lowest BCUT2D eigenvalue weighted by Crippen LogP contribution is -2.29. The Morgan fingerprint density at radius 2 is 2.05 bits per heavy atom. The van der Waals surface area contributed by atoms with E-state index in [-0.39, 0.29) is 29.1 Å². The van der Waals surface area contributed by atoms with Crippen LogP contribution in [-0.4, -0.2) is 39.4 Å². The van der Waals surface area contributed by atoms with Gasteiger partial charge in [0.25, 0.3) is 0 Å². The van der Waals surface area contributed by atoms with Crippen molar-refractivity contribution in [3.8, 4) is 0 Å². The quantitative estimate of drug-likeness (QED) is 0.645. The minimum atomic E-state index is -3.83. The van der Waals surface area contributed by atoms with E-state index in [1.807, 2.05) is 0 Å². The number of sulfonamides is 1. The van der Waals surface area contributed by atoms with Gasteiger partial charge in [0.15, 0.2) is 0 Å². The van der Waals surface area contributed by atoms with E-state index < -0.39 is 21.8 Å². The number of benzene rings is 1. The minimum absolute atomic E-state index is 0.0364.